The van der Waals surface area contributed by atoms with Crippen molar-refractivity contribution in [2.45, 2.75) is 6.61 Å². The van der Waals surface area contributed by atoms with E-state index in [2.05, 4.69) is 51.1 Å². The summed E-state index contributed by atoms with van der Waals surface area (Å²) in [7, 11) is 0.247. The molecule has 0 aliphatic carbocycles. The van der Waals surface area contributed by atoms with E-state index in [9.17, 15) is 4.39 Å². The summed E-state index contributed by atoms with van der Waals surface area (Å²) >= 11 is 6.48. The summed E-state index contributed by atoms with van der Waals surface area (Å²) < 4.78 is 19.2. The number of hydrogen-bond acceptors (Lipinski definition) is 5. The summed E-state index contributed by atoms with van der Waals surface area (Å²) in [5, 5.41) is 4.75. The Bertz CT molecular complexity index is 1410. The lowest BCUT2D eigenvalue weighted by Crippen LogP contribution is -2.33. The largest absolute Gasteiger partial charge is 0.487 e. The van der Waals surface area contributed by atoms with E-state index in [-0.39, 0.29) is 20.3 Å². The van der Waals surface area contributed by atoms with Crippen LogP contribution in [0.1, 0.15) is 11.1 Å². The van der Waals surface area contributed by atoms with E-state index in [1.807, 2.05) is 18.2 Å². The van der Waals surface area contributed by atoms with Crippen LogP contribution in [0.5, 0.6) is 5.75 Å². The second-order valence-corrected chi connectivity index (χ2v) is 12.2. The number of ether oxygens (including phenoxy) is 1. The first-order chi connectivity index (χ1) is 18.0. The fraction of sp³-hybridized carbons (Fsp3) is 0.241. The van der Waals surface area contributed by atoms with E-state index in [0.29, 0.717) is 16.6 Å². The summed E-state index contributed by atoms with van der Waals surface area (Å²) in [4.78, 5) is 11.4. The van der Waals surface area contributed by atoms with Gasteiger partial charge in [-0.15, -0.1) is 7.92 Å². The zero-order chi connectivity index (χ0) is 25.6. The highest BCUT2D eigenvalue weighted by molar-refractivity contribution is 7.56. The minimum Gasteiger partial charge on any atom is -0.487 e. The molecule has 1 fully saturated rings. The van der Waals surface area contributed by atoms with Gasteiger partial charge in [-0.3, -0.25) is 4.90 Å². The lowest BCUT2D eigenvalue weighted by Gasteiger charge is -2.29. The standard InChI is InChI=1S/C29H29ClFN4OP/c1-37-14-12-35(13-15-37)11-3-5-21-7-9-27-25(17-21)29(33-20-32-27)34-24-8-10-28(26(30)18-24)36-19-22-4-2-6-23(31)16-22/h2-10,16-18,20H,11-15,19H2,1H3,(H,32,33,34)/b5-3+. The molecule has 0 saturated carbocycles. The molecule has 1 N–H and O–H groups in total. The zero-order valence-electron chi connectivity index (χ0n) is 20.7. The van der Waals surface area contributed by atoms with Crippen LogP contribution in [-0.4, -0.2) is 53.5 Å². The van der Waals surface area contributed by atoms with E-state index in [1.165, 1.54) is 37.5 Å². The van der Waals surface area contributed by atoms with Gasteiger partial charge in [0.15, 0.2) is 0 Å². The molecule has 0 unspecified atom stereocenters. The number of benzene rings is 3. The normalized spacial score (nSPS) is 14.9. The fourth-order valence-corrected chi connectivity index (χ4v) is 5.97. The second-order valence-electron chi connectivity index (χ2n) is 9.19. The Morgan fingerprint density at radius 2 is 1.95 bits per heavy atom. The van der Waals surface area contributed by atoms with E-state index >= 15 is 0 Å². The minimum absolute atomic E-state index is 0.231. The highest BCUT2D eigenvalue weighted by atomic mass is 35.5. The Morgan fingerprint density at radius 3 is 2.76 bits per heavy atom. The third-order valence-electron chi connectivity index (χ3n) is 6.41. The molecule has 0 amide bonds. The van der Waals surface area contributed by atoms with Crippen LogP contribution in [0.15, 0.2) is 73.1 Å². The van der Waals surface area contributed by atoms with Gasteiger partial charge in [-0.2, -0.15) is 0 Å². The Balaban J connectivity index is 1.27. The summed E-state index contributed by atoms with van der Waals surface area (Å²) in [6, 6.07) is 18.0. The van der Waals surface area contributed by atoms with Crippen LogP contribution in [0.3, 0.4) is 0 Å². The van der Waals surface area contributed by atoms with Gasteiger partial charge in [-0.05, 0) is 72.6 Å². The van der Waals surface area contributed by atoms with Gasteiger partial charge in [-0.25, -0.2) is 14.4 Å². The molecule has 0 radical (unpaired) electrons. The van der Waals surface area contributed by atoms with Crippen molar-refractivity contribution >= 4 is 48.0 Å². The molecular formula is C29H29ClFN4OP. The first kappa shape index (κ1) is 25.6. The zero-order valence-corrected chi connectivity index (χ0v) is 22.4. The van der Waals surface area contributed by atoms with Crippen molar-refractivity contribution in [1.29, 1.82) is 0 Å². The van der Waals surface area contributed by atoms with Gasteiger partial charge in [0.2, 0.25) is 0 Å². The third kappa shape index (κ3) is 6.84. The molecule has 37 heavy (non-hydrogen) atoms. The van der Waals surface area contributed by atoms with Crippen molar-refractivity contribution in [3.05, 3.63) is 95.0 Å². The van der Waals surface area contributed by atoms with E-state index in [0.717, 1.165) is 34.3 Å². The molecule has 5 rings (SSSR count). The van der Waals surface area contributed by atoms with Crippen LogP contribution in [0.2, 0.25) is 5.02 Å². The van der Waals surface area contributed by atoms with Crippen LogP contribution in [0.25, 0.3) is 17.0 Å². The average Bonchev–Trinajstić information content (AvgIpc) is 2.90. The fourth-order valence-electron chi connectivity index (χ4n) is 4.27. The number of hydrogen-bond donors (Lipinski definition) is 1. The molecule has 1 saturated heterocycles. The van der Waals surface area contributed by atoms with Gasteiger partial charge in [-0.1, -0.05) is 42.0 Å². The number of aromatic nitrogens is 2. The topological polar surface area (TPSA) is 50.3 Å². The second kappa shape index (κ2) is 12.0. The van der Waals surface area contributed by atoms with Crippen LogP contribution >= 0.6 is 19.5 Å². The highest BCUT2D eigenvalue weighted by Gasteiger charge is 2.13. The smallest absolute Gasteiger partial charge is 0.141 e. The van der Waals surface area contributed by atoms with Gasteiger partial charge in [0.1, 0.15) is 30.3 Å². The Labute approximate surface area is 223 Å². The SMILES string of the molecule is CP1CCN(C/C=C/c2ccc3ncnc(Nc4ccc(OCc5cccc(F)c5)c(Cl)c4)c3c2)CC1. The molecule has 0 atom stereocenters. The van der Waals surface area contributed by atoms with Crippen LogP contribution < -0.4 is 10.1 Å². The number of halogens is 2. The summed E-state index contributed by atoms with van der Waals surface area (Å²) in [6.07, 6.45) is 8.65. The molecule has 1 aromatic heterocycles. The Hall–Kier alpha value is -3.05. The molecule has 190 valence electrons. The van der Waals surface area contributed by atoms with E-state index in [4.69, 9.17) is 16.3 Å². The molecule has 0 spiro atoms. The Morgan fingerprint density at radius 1 is 1.08 bits per heavy atom. The van der Waals surface area contributed by atoms with Gasteiger partial charge in [0.05, 0.1) is 10.5 Å². The number of nitrogens with zero attached hydrogens (tertiary/aromatic N) is 3. The molecule has 2 heterocycles. The van der Waals surface area contributed by atoms with Crippen molar-refractivity contribution < 1.29 is 9.13 Å². The molecule has 0 bridgehead atoms. The minimum atomic E-state index is -0.292. The van der Waals surface area contributed by atoms with Gasteiger partial charge < -0.3 is 10.1 Å². The van der Waals surface area contributed by atoms with E-state index < -0.39 is 0 Å². The monoisotopic (exact) mass is 534 g/mol. The van der Waals surface area contributed by atoms with Crippen molar-refractivity contribution in [1.82, 2.24) is 14.9 Å². The number of nitrogens with one attached hydrogen (secondary N) is 1. The van der Waals surface area contributed by atoms with E-state index in [1.54, 1.807) is 24.5 Å². The number of rotatable bonds is 8. The van der Waals surface area contributed by atoms with Crippen molar-refractivity contribution in [2.75, 3.05) is 43.9 Å². The molecule has 8 heteroatoms. The van der Waals surface area contributed by atoms with Gasteiger partial charge in [0.25, 0.3) is 0 Å². The lowest BCUT2D eigenvalue weighted by molar-refractivity contribution is 0.306. The molecule has 1 aliphatic heterocycles. The highest BCUT2D eigenvalue weighted by Crippen LogP contribution is 2.33. The summed E-state index contributed by atoms with van der Waals surface area (Å²) in [5.41, 5.74) is 3.49. The summed E-state index contributed by atoms with van der Waals surface area (Å²) in [6.45, 7) is 6.00. The van der Waals surface area contributed by atoms with Crippen molar-refractivity contribution in [3.8, 4) is 5.75 Å². The average molecular weight is 535 g/mol. The number of fused-ring (bicyclic) bond motifs is 1. The molecule has 5 nitrogen and oxygen atoms in total. The molecular weight excluding hydrogens is 506 g/mol. The summed E-state index contributed by atoms with van der Waals surface area (Å²) in [5.74, 6) is 0.942. The van der Waals surface area contributed by atoms with Gasteiger partial charge in [0, 0.05) is 30.7 Å². The quantitative estimate of drug-likeness (QED) is 0.243. The third-order valence-corrected chi connectivity index (χ3v) is 8.63. The van der Waals surface area contributed by atoms with Crippen LogP contribution in [0.4, 0.5) is 15.9 Å². The molecule has 1 aliphatic rings. The number of anilines is 2. The maximum Gasteiger partial charge on any atom is 0.141 e. The van der Waals surface area contributed by atoms with Gasteiger partial charge >= 0.3 is 0 Å². The molecule has 3 aromatic carbocycles. The first-order valence-corrected chi connectivity index (χ1v) is 14.8. The lowest BCUT2D eigenvalue weighted by atomic mass is 10.1. The predicted octanol–water partition coefficient (Wildman–Crippen LogP) is 7.19. The van der Waals surface area contributed by atoms with Crippen LogP contribution in [-0.2, 0) is 6.61 Å². The molecule has 4 aromatic rings. The Kier molecular flexibility index (Phi) is 8.30. The maximum absolute atomic E-state index is 13.4. The van der Waals surface area contributed by atoms with Crippen molar-refractivity contribution in [2.24, 2.45) is 0 Å². The first-order valence-electron chi connectivity index (χ1n) is 12.3. The van der Waals surface area contributed by atoms with Crippen LogP contribution in [0, 0.1) is 5.82 Å². The van der Waals surface area contributed by atoms with Crippen molar-refractivity contribution in [3.63, 3.8) is 0 Å². The predicted molar refractivity (Wildman–Crippen MR) is 153 cm³/mol. The maximum atomic E-state index is 13.4.